The molecular formula is C16H15NO2. The molecule has 2 aliphatic carbocycles. The Morgan fingerprint density at radius 1 is 1.00 bits per heavy atom. The van der Waals surface area contributed by atoms with Crippen molar-refractivity contribution in [2.75, 3.05) is 4.90 Å². The number of para-hydroxylation sites is 1. The number of imide groups is 1. The topological polar surface area (TPSA) is 37.4 Å². The Labute approximate surface area is 111 Å². The molecule has 19 heavy (non-hydrogen) atoms. The zero-order valence-corrected chi connectivity index (χ0v) is 10.7. The molecule has 2 bridgehead atoms. The second-order valence-corrected chi connectivity index (χ2v) is 5.80. The van der Waals surface area contributed by atoms with Gasteiger partial charge in [-0.3, -0.25) is 9.59 Å². The van der Waals surface area contributed by atoms with Crippen LogP contribution in [0.2, 0.25) is 0 Å². The molecule has 2 amide bonds. The molecule has 0 radical (unpaired) electrons. The Hall–Kier alpha value is -1.90. The number of hydrogen-bond donors (Lipinski definition) is 0. The van der Waals surface area contributed by atoms with Crippen molar-refractivity contribution in [2.45, 2.75) is 13.3 Å². The second-order valence-electron chi connectivity index (χ2n) is 5.80. The molecule has 4 atom stereocenters. The van der Waals surface area contributed by atoms with Gasteiger partial charge in [-0.15, -0.1) is 0 Å². The first-order valence-corrected chi connectivity index (χ1v) is 6.80. The normalized spacial score (nSPS) is 35.3. The lowest BCUT2D eigenvalue weighted by Gasteiger charge is -2.19. The van der Waals surface area contributed by atoms with Crippen molar-refractivity contribution >= 4 is 17.5 Å². The summed E-state index contributed by atoms with van der Waals surface area (Å²) in [5.41, 5.74) is 1.73. The molecule has 4 rings (SSSR count). The Balaban J connectivity index is 1.79. The summed E-state index contributed by atoms with van der Waals surface area (Å²) in [5.74, 6) is 0.340. The SMILES string of the molecule is Cc1ccccc1N1C(=O)[C@@H]2[C@@H](C1=O)[C@@H]1C=C[C@@H]2C1. The van der Waals surface area contributed by atoms with Gasteiger partial charge in [0.2, 0.25) is 11.8 Å². The van der Waals surface area contributed by atoms with E-state index in [2.05, 4.69) is 12.2 Å². The maximum Gasteiger partial charge on any atom is 0.238 e. The van der Waals surface area contributed by atoms with E-state index in [0.717, 1.165) is 17.7 Å². The Kier molecular flexibility index (Phi) is 2.06. The molecule has 3 heteroatoms. The van der Waals surface area contributed by atoms with E-state index in [0.29, 0.717) is 0 Å². The van der Waals surface area contributed by atoms with Crippen molar-refractivity contribution < 1.29 is 9.59 Å². The maximum absolute atomic E-state index is 12.6. The van der Waals surface area contributed by atoms with Gasteiger partial charge in [-0.1, -0.05) is 30.4 Å². The predicted molar refractivity (Wildman–Crippen MR) is 71.4 cm³/mol. The first kappa shape index (κ1) is 11.0. The van der Waals surface area contributed by atoms with Crippen LogP contribution in [0, 0.1) is 30.6 Å². The summed E-state index contributed by atoms with van der Waals surface area (Å²) >= 11 is 0. The summed E-state index contributed by atoms with van der Waals surface area (Å²) in [5, 5.41) is 0. The lowest BCUT2D eigenvalue weighted by atomic mass is 9.85. The van der Waals surface area contributed by atoms with Crippen molar-refractivity contribution in [1.29, 1.82) is 0 Å². The fourth-order valence-corrected chi connectivity index (χ4v) is 3.95. The fourth-order valence-electron chi connectivity index (χ4n) is 3.95. The number of anilines is 1. The third-order valence-corrected chi connectivity index (χ3v) is 4.83. The molecule has 1 aromatic carbocycles. The zero-order valence-electron chi connectivity index (χ0n) is 10.7. The van der Waals surface area contributed by atoms with E-state index in [9.17, 15) is 9.59 Å². The van der Waals surface area contributed by atoms with Crippen LogP contribution in [0.4, 0.5) is 5.69 Å². The van der Waals surface area contributed by atoms with Crippen molar-refractivity contribution in [3.63, 3.8) is 0 Å². The highest BCUT2D eigenvalue weighted by molar-refractivity contribution is 6.23. The van der Waals surface area contributed by atoms with Gasteiger partial charge in [0, 0.05) is 0 Å². The Morgan fingerprint density at radius 2 is 1.58 bits per heavy atom. The molecule has 0 N–H and O–H groups in total. The van der Waals surface area contributed by atoms with Crippen LogP contribution in [-0.2, 0) is 9.59 Å². The van der Waals surface area contributed by atoms with Crippen LogP contribution < -0.4 is 4.90 Å². The van der Waals surface area contributed by atoms with Crippen LogP contribution in [0.1, 0.15) is 12.0 Å². The van der Waals surface area contributed by atoms with Gasteiger partial charge in [0.15, 0.2) is 0 Å². The van der Waals surface area contributed by atoms with E-state index < -0.39 is 0 Å². The van der Waals surface area contributed by atoms with Crippen molar-refractivity contribution in [3.8, 4) is 0 Å². The lowest BCUT2D eigenvalue weighted by molar-refractivity contribution is -0.123. The summed E-state index contributed by atoms with van der Waals surface area (Å²) in [4.78, 5) is 26.6. The number of carbonyl (C=O) groups excluding carboxylic acids is 2. The second kappa shape index (κ2) is 3.56. The molecular weight excluding hydrogens is 238 g/mol. The molecule has 96 valence electrons. The highest BCUT2D eigenvalue weighted by atomic mass is 16.2. The van der Waals surface area contributed by atoms with Crippen LogP contribution in [0.5, 0.6) is 0 Å². The van der Waals surface area contributed by atoms with Gasteiger partial charge < -0.3 is 0 Å². The van der Waals surface area contributed by atoms with Gasteiger partial charge in [0.05, 0.1) is 17.5 Å². The number of hydrogen-bond acceptors (Lipinski definition) is 2. The number of allylic oxidation sites excluding steroid dienone is 2. The summed E-state index contributed by atoms with van der Waals surface area (Å²) in [7, 11) is 0. The van der Waals surface area contributed by atoms with Gasteiger partial charge in [0.1, 0.15) is 0 Å². The highest BCUT2D eigenvalue weighted by Gasteiger charge is 2.59. The van der Waals surface area contributed by atoms with Crippen LogP contribution in [0.25, 0.3) is 0 Å². The maximum atomic E-state index is 12.6. The molecule has 3 nitrogen and oxygen atoms in total. The fraction of sp³-hybridized carbons (Fsp3) is 0.375. The summed E-state index contributed by atoms with van der Waals surface area (Å²) in [6.07, 6.45) is 5.23. The van der Waals surface area contributed by atoms with E-state index in [1.807, 2.05) is 31.2 Å². The molecule has 1 aromatic rings. The smallest absolute Gasteiger partial charge is 0.238 e. The summed E-state index contributed by atoms with van der Waals surface area (Å²) in [6.45, 7) is 1.94. The first-order chi connectivity index (χ1) is 9.18. The Bertz CT molecular complexity index is 589. The van der Waals surface area contributed by atoms with E-state index >= 15 is 0 Å². The number of fused-ring (bicyclic) bond motifs is 5. The highest BCUT2D eigenvalue weighted by Crippen LogP contribution is 2.53. The van der Waals surface area contributed by atoms with E-state index in [1.54, 1.807) is 0 Å². The van der Waals surface area contributed by atoms with Crippen LogP contribution in [0.3, 0.4) is 0 Å². The van der Waals surface area contributed by atoms with Gasteiger partial charge >= 0.3 is 0 Å². The number of rotatable bonds is 1. The third kappa shape index (κ3) is 1.28. The molecule has 2 fully saturated rings. The summed E-state index contributed by atoms with van der Waals surface area (Å²) in [6, 6.07) is 7.61. The van der Waals surface area contributed by atoms with Gasteiger partial charge in [0.25, 0.3) is 0 Å². The third-order valence-electron chi connectivity index (χ3n) is 4.83. The zero-order chi connectivity index (χ0) is 13.1. The quantitative estimate of drug-likeness (QED) is 0.569. The molecule has 1 aliphatic heterocycles. The monoisotopic (exact) mass is 253 g/mol. The predicted octanol–water partition coefficient (Wildman–Crippen LogP) is 2.31. The standard InChI is InChI=1S/C16H15NO2/c1-9-4-2-3-5-12(9)17-15(18)13-10-6-7-11(8-10)14(13)16(17)19/h2-7,10-11,13-14H,8H2,1H3/t10-,11-,13+,14+/m1/s1. The van der Waals surface area contributed by atoms with Crippen molar-refractivity contribution in [3.05, 3.63) is 42.0 Å². The molecule has 1 saturated heterocycles. The van der Waals surface area contributed by atoms with Crippen molar-refractivity contribution in [2.24, 2.45) is 23.7 Å². The van der Waals surface area contributed by atoms with E-state index in [4.69, 9.17) is 0 Å². The molecule has 0 spiro atoms. The van der Waals surface area contributed by atoms with Crippen LogP contribution in [-0.4, -0.2) is 11.8 Å². The van der Waals surface area contributed by atoms with Crippen molar-refractivity contribution in [1.82, 2.24) is 0 Å². The largest absolute Gasteiger partial charge is 0.274 e. The molecule has 0 aromatic heterocycles. The minimum absolute atomic E-state index is 0.00106. The number of carbonyl (C=O) groups is 2. The number of aryl methyl sites for hydroxylation is 1. The average molecular weight is 253 g/mol. The molecule has 1 saturated carbocycles. The van der Waals surface area contributed by atoms with E-state index in [1.165, 1.54) is 4.90 Å². The van der Waals surface area contributed by atoms with Crippen LogP contribution >= 0.6 is 0 Å². The number of nitrogens with zero attached hydrogens (tertiary/aromatic N) is 1. The summed E-state index contributed by atoms with van der Waals surface area (Å²) < 4.78 is 0. The number of amides is 2. The average Bonchev–Trinajstić information content (AvgIpc) is 3.06. The molecule has 1 heterocycles. The first-order valence-electron chi connectivity index (χ1n) is 6.80. The van der Waals surface area contributed by atoms with Gasteiger partial charge in [-0.2, -0.15) is 0 Å². The van der Waals surface area contributed by atoms with Gasteiger partial charge in [-0.25, -0.2) is 4.90 Å². The van der Waals surface area contributed by atoms with Gasteiger partial charge in [-0.05, 0) is 36.8 Å². The molecule has 0 unspecified atom stereocenters. The minimum atomic E-state index is -0.109. The minimum Gasteiger partial charge on any atom is -0.274 e. The lowest BCUT2D eigenvalue weighted by Crippen LogP contribution is -2.33. The molecule has 3 aliphatic rings. The number of benzene rings is 1. The Morgan fingerprint density at radius 3 is 2.16 bits per heavy atom. The van der Waals surface area contributed by atoms with E-state index in [-0.39, 0.29) is 35.5 Å². The van der Waals surface area contributed by atoms with Crippen LogP contribution in [0.15, 0.2) is 36.4 Å².